The Bertz CT molecular complexity index is 574. The highest BCUT2D eigenvalue weighted by molar-refractivity contribution is 7.89. The highest BCUT2D eigenvalue weighted by atomic mass is 32.2. The lowest BCUT2D eigenvalue weighted by Crippen LogP contribution is -2.52. The van der Waals surface area contributed by atoms with E-state index in [2.05, 4.69) is 5.32 Å². The zero-order valence-electron chi connectivity index (χ0n) is 11.9. The van der Waals surface area contributed by atoms with Crippen LogP contribution in [0.3, 0.4) is 0 Å². The van der Waals surface area contributed by atoms with Gasteiger partial charge in [-0.05, 0) is 25.0 Å². The first-order chi connectivity index (χ1) is 10.1. The van der Waals surface area contributed by atoms with E-state index >= 15 is 0 Å². The molecule has 1 saturated heterocycles. The molecule has 1 aliphatic rings. The highest BCUT2D eigenvalue weighted by Crippen LogP contribution is 2.25. The van der Waals surface area contributed by atoms with Crippen molar-refractivity contribution in [3.8, 4) is 0 Å². The first kappa shape index (κ1) is 15.9. The standard InChI is InChI=1S/C14H21N3O3S/c15-9-10-16-14(18)13-8-4-5-11-17(13)21(19,20)12-6-2-1-3-7-12/h1-3,6-7,13H,4-5,8-11,15H2,(H,16,18). The van der Waals surface area contributed by atoms with Gasteiger partial charge in [-0.25, -0.2) is 8.42 Å². The van der Waals surface area contributed by atoms with Crippen molar-refractivity contribution in [3.63, 3.8) is 0 Å². The third-order valence-corrected chi connectivity index (χ3v) is 5.47. The second-order valence-corrected chi connectivity index (χ2v) is 6.91. The Kier molecular flexibility index (Phi) is 5.33. The lowest BCUT2D eigenvalue weighted by Gasteiger charge is -2.33. The fourth-order valence-electron chi connectivity index (χ4n) is 2.50. The van der Waals surface area contributed by atoms with E-state index in [4.69, 9.17) is 5.73 Å². The number of carbonyl (C=O) groups excluding carboxylic acids is 1. The van der Waals surface area contributed by atoms with E-state index in [1.165, 1.54) is 4.31 Å². The Balaban J connectivity index is 2.24. The fraction of sp³-hybridized carbons (Fsp3) is 0.500. The predicted molar refractivity (Wildman–Crippen MR) is 80.0 cm³/mol. The second-order valence-electron chi connectivity index (χ2n) is 5.02. The van der Waals surface area contributed by atoms with Crippen LogP contribution >= 0.6 is 0 Å². The first-order valence-corrected chi connectivity index (χ1v) is 8.56. The van der Waals surface area contributed by atoms with Gasteiger partial charge in [0, 0.05) is 19.6 Å². The van der Waals surface area contributed by atoms with Crippen molar-refractivity contribution in [1.29, 1.82) is 0 Å². The number of benzene rings is 1. The molecular weight excluding hydrogens is 290 g/mol. The predicted octanol–water partition coefficient (Wildman–Crippen LogP) is 0.305. The van der Waals surface area contributed by atoms with Crippen molar-refractivity contribution in [2.75, 3.05) is 19.6 Å². The second kappa shape index (κ2) is 7.02. The quantitative estimate of drug-likeness (QED) is 0.818. The first-order valence-electron chi connectivity index (χ1n) is 7.12. The van der Waals surface area contributed by atoms with Crippen molar-refractivity contribution in [2.45, 2.75) is 30.2 Å². The van der Waals surface area contributed by atoms with Crippen LogP contribution < -0.4 is 11.1 Å². The van der Waals surface area contributed by atoms with Gasteiger partial charge in [0.15, 0.2) is 0 Å². The molecule has 3 N–H and O–H groups in total. The van der Waals surface area contributed by atoms with Crippen molar-refractivity contribution in [2.24, 2.45) is 5.73 Å². The molecule has 1 aromatic rings. The summed E-state index contributed by atoms with van der Waals surface area (Å²) >= 11 is 0. The van der Waals surface area contributed by atoms with Crippen molar-refractivity contribution in [1.82, 2.24) is 9.62 Å². The lowest BCUT2D eigenvalue weighted by atomic mass is 10.0. The van der Waals surface area contributed by atoms with Gasteiger partial charge in [0.1, 0.15) is 6.04 Å². The van der Waals surface area contributed by atoms with Crippen molar-refractivity contribution in [3.05, 3.63) is 30.3 Å². The van der Waals surface area contributed by atoms with E-state index < -0.39 is 16.1 Å². The molecule has 1 aliphatic heterocycles. The summed E-state index contributed by atoms with van der Waals surface area (Å²) < 4.78 is 26.7. The minimum atomic E-state index is -3.64. The molecule has 1 atom stereocenters. The van der Waals surface area contributed by atoms with Gasteiger partial charge in [-0.1, -0.05) is 24.6 Å². The molecule has 1 fully saturated rings. The number of piperidine rings is 1. The molecule has 0 aliphatic carbocycles. The van der Waals surface area contributed by atoms with Crippen LogP contribution in [0.5, 0.6) is 0 Å². The molecule has 1 unspecified atom stereocenters. The normalized spacial score (nSPS) is 20.1. The molecular formula is C14H21N3O3S. The number of nitrogens with one attached hydrogen (secondary N) is 1. The maximum Gasteiger partial charge on any atom is 0.243 e. The third kappa shape index (κ3) is 3.61. The summed E-state index contributed by atoms with van der Waals surface area (Å²) in [6.07, 6.45) is 2.16. The van der Waals surface area contributed by atoms with Crippen LogP contribution in [0.4, 0.5) is 0 Å². The van der Waals surface area contributed by atoms with E-state index in [1.807, 2.05) is 0 Å². The molecule has 1 heterocycles. The largest absolute Gasteiger partial charge is 0.353 e. The summed E-state index contributed by atoms with van der Waals surface area (Å²) in [5.41, 5.74) is 5.37. The van der Waals surface area contributed by atoms with Crippen LogP contribution in [0.1, 0.15) is 19.3 Å². The number of nitrogens with two attached hydrogens (primary N) is 1. The Labute approximate surface area is 125 Å². The van der Waals surface area contributed by atoms with Crippen LogP contribution in [0.25, 0.3) is 0 Å². The summed E-state index contributed by atoms with van der Waals surface area (Å²) in [5, 5.41) is 2.69. The Morgan fingerprint density at radius 3 is 2.67 bits per heavy atom. The van der Waals surface area contributed by atoms with E-state index in [9.17, 15) is 13.2 Å². The fourth-order valence-corrected chi connectivity index (χ4v) is 4.17. The SMILES string of the molecule is NCCNC(=O)C1CCCCN1S(=O)(=O)c1ccccc1. The van der Waals surface area contributed by atoms with Crippen LogP contribution in [0, 0.1) is 0 Å². The summed E-state index contributed by atoms with van der Waals surface area (Å²) in [6.45, 7) is 1.07. The summed E-state index contributed by atoms with van der Waals surface area (Å²) in [6, 6.07) is 7.59. The van der Waals surface area contributed by atoms with E-state index in [0.29, 0.717) is 26.1 Å². The lowest BCUT2D eigenvalue weighted by molar-refractivity contribution is -0.125. The molecule has 0 spiro atoms. The molecule has 0 bridgehead atoms. The monoisotopic (exact) mass is 311 g/mol. The van der Waals surface area contributed by atoms with Gasteiger partial charge in [-0.2, -0.15) is 4.31 Å². The van der Waals surface area contributed by atoms with E-state index in [1.54, 1.807) is 30.3 Å². The molecule has 1 aromatic carbocycles. The smallest absolute Gasteiger partial charge is 0.243 e. The number of hydrogen-bond donors (Lipinski definition) is 2. The van der Waals surface area contributed by atoms with Crippen molar-refractivity contribution < 1.29 is 13.2 Å². The molecule has 2 rings (SSSR count). The maximum absolute atomic E-state index is 12.7. The average Bonchev–Trinajstić information content (AvgIpc) is 2.53. The minimum Gasteiger partial charge on any atom is -0.353 e. The number of amides is 1. The van der Waals surface area contributed by atoms with E-state index in [0.717, 1.165) is 12.8 Å². The maximum atomic E-state index is 12.7. The Hall–Kier alpha value is -1.44. The third-order valence-electron chi connectivity index (χ3n) is 3.55. The van der Waals surface area contributed by atoms with Gasteiger partial charge in [-0.3, -0.25) is 4.79 Å². The molecule has 0 radical (unpaired) electrons. The van der Waals surface area contributed by atoms with Gasteiger partial charge >= 0.3 is 0 Å². The number of carbonyl (C=O) groups is 1. The number of sulfonamides is 1. The minimum absolute atomic E-state index is 0.225. The summed E-state index contributed by atoms with van der Waals surface area (Å²) in [4.78, 5) is 12.4. The zero-order chi connectivity index (χ0) is 15.3. The molecule has 1 amide bonds. The molecule has 21 heavy (non-hydrogen) atoms. The Morgan fingerprint density at radius 2 is 2.00 bits per heavy atom. The number of nitrogens with zero attached hydrogens (tertiary/aromatic N) is 1. The zero-order valence-corrected chi connectivity index (χ0v) is 12.7. The summed E-state index contributed by atoms with van der Waals surface area (Å²) in [5.74, 6) is -0.264. The molecule has 7 heteroatoms. The molecule has 6 nitrogen and oxygen atoms in total. The Morgan fingerprint density at radius 1 is 1.29 bits per heavy atom. The highest BCUT2D eigenvalue weighted by Gasteiger charge is 2.37. The van der Waals surface area contributed by atoms with Gasteiger partial charge in [0.25, 0.3) is 0 Å². The molecule has 0 saturated carbocycles. The van der Waals surface area contributed by atoms with Gasteiger partial charge in [-0.15, -0.1) is 0 Å². The van der Waals surface area contributed by atoms with Crippen molar-refractivity contribution >= 4 is 15.9 Å². The summed E-state index contributed by atoms with van der Waals surface area (Å²) in [7, 11) is -3.64. The van der Waals surface area contributed by atoms with E-state index in [-0.39, 0.29) is 10.8 Å². The van der Waals surface area contributed by atoms with Crippen LogP contribution in [-0.2, 0) is 14.8 Å². The van der Waals surface area contributed by atoms with Gasteiger partial charge < -0.3 is 11.1 Å². The van der Waals surface area contributed by atoms with Crippen LogP contribution in [0.2, 0.25) is 0 Å². The topological polar surface area (TPSA) is 92.5 Å². The van der Waals surface area contributed by atoms with Gasteiger partial charge in [0.2, 0.25) is 15.9 Å². The van der Waals surface area contributed by atoms with Crippen LogP contribution in [-0.4, -0.2) is 44.3 Å². The number of rotatable bonds is 5. The average molecular weight is 311 g/mol. The van der Waals surface area contributed by atoms with Crippen LogP contribution in [0.15, 0.2) is 35.2 Å². The van der Waals surface area contributed by atoms with Gasteiger partial charge in [0.05, 0.1) is 4.90 Å². The molecule has 116 valence electrons. The number of hydrogen-bond acceptors (Lipinski definition) is 4. The molecule has 0 aromatic heterocycles.